The molecule has 1 aromatic heterocycles. The fourth-order valence-corrected chi connectivity index (χ4v) is 2.48. The molecule has 3 nitrogen and oxygen atoms in total. The summed E-state index contributed by atoms with van der Waals surface area (Å²) in [7, 11) is 0. The lowest BCUT2D eigenvalue weighted by atomic mass is 10.0. The van der Waals surface area contributed by atoms with Crippen molar-refractivity contribution in [3.05, 3.63) is 30.0 Å². The van der Waals surface area contributed by atoms with E-state index in [4.69, 9.17) is 10.2 Å². The smallest absolute Gasteiger partial charge is 0.292 e. The average molecular weight is 262 g/mol. The van der Waals surface area contributed by atoms with Crippen molar-refractivity contribution in [3.8, 4) is 11.3 Å². The van der Waals surface area contributed by atoms with Crippen LogP contribution < -0.4 is 5.73 Å². The normalized spacial score (nSPS) is 11.1. The Balaban J connectivity index is 2.36. The molecule has 2 aromatic rings. The Morgan fingerprint density at radius 2 is 1.94 bits per heavy atom. The predicted octanol–water partition coefficient (Wildman–Crippen LogP) is 4.16. The summed E-state index contributed by atoms with van der Waals surface area (Å²) in [6.45, 7) is 6.29. The van der Waals surface area contributed by atoms with Gasteiger partial charge in [-0.2, -0.15) is 4.98 Å². The van der Waals surface area contributed by atoms with Crippen molar-refractivity contribution < 1.29 is 4.42 Å². The Kier molecular flexibility index (Phi) is 3.97. The van der Waals surface area contributed by atoms with Crippen LogP contribution in [0.5, 0.6) is 0 Å². The number of nitrogen functional groups attached to an aromatic ring is 1. The molecule has 0 saturated heterocycles. The van der Waals surface area contributed by atoms with Gasteiger partial charge in [-0.25, -0.2) is 0 Å². The second-order valence-electron chi connectivity index (χ2n) is 4.38. The highest BCUT2D eigenvalue weighted by atomic mass is 32.2. The number of oxazole rings is 1. The Hall–Kier alpha value is -1.42. The molecule has 0 atom stereocenters. The van der Waals surface area contributed by atoms with E-state index in [-0.39, 0.29) is 11.9 Å². The van der Waals surface area contributed by atoms with Gasteiger partial charge in [-0.15, -0.1) is 11.8 Å². The summed E-state index contributed by atoms with van der Waals surface area (Å²) in [5, 5.41) is 0. The Morgan fingerprint density at radius 3 is 2.50 bits per heavy atom. The lowest BCUT2D eigenvalue weighted by Gasteiger charge is -2.04. The number of rotatable bonds is 4. The first-order valence-electron chi connectivity index (χ1n) is 6.11. The Bertz CT molecular complexity index is 517. The van der Waals surface area contributed by atoms with Gasteiger partial charge >= 0.3 is 0 Å². The largest absolute Gasteiger partial charge is 0.428 e. The fourth-order valence-electron chi connectivity index (χ4n) is 1.82. The van der Waals surface area contributed by atoms with Gasteiger partial charge in [-0.3, -0.25) is 0 Å². The second kappa shape index (κ2) is 5.48. The van der Waals surface area contributed by atoms with Crippen LogP contribution in [0.1, 0.15) is 32.4 Å². The quantitative estimate of drug-likeness (QED) is 0.841. The van der Waals surface area contributed by atoms with Crippen molar-refractivity contribution in [2.75, 3.05) is 11.5 Å². The number of thioether (sulfide) groups is 1. The highest BCUT2D eigenvalue weighted by Crippen LogP contribution is 2.31. The van der Waals surface area contributed by atoms with Crippen molar-refractivity contribution in [2.45, 2.75) is 31.6 Å². The molecule has 0 fully saturated rings. The monoisotopic (exact) mass is 262 g/mol. The molecule has 1 aromatic carbocycles. The van der Waals surface area contributed by atoms with Crippen molar-refractivity contribution in [1.29, 1.82) is 0 Å². The van der Waals surface area contributed by atoms with Gasteiger partial charge in [0.25, 0.3) is 6.01 Å². The summed E-state index contributed by atoms with van der Waals surface area (Å²) in [4.78, 5) is 5.55. The molecule has 0 spiro atoms. The van der Waals surface area contributed by atoms with E-state index in [0.717, 1.165) is 22.8 Å². The zero-order chi connectivity index (χ0) is 13.1. The Labute approximate surface area is 112 Å². The maximum absolute atomic E-state index is 5.65. The summed E-state index contributed by atoms with van der Waals surface area (Å²) in [6, 6.07) is 8.60. The van der Waals surface area contributed by atoms with Crippen LogP contribution in [0.2, 0.25) is 0 Å². The minimum atomic E-state index is 0.237. The van der Waals surface area contributed by atoms with Gasteiger partial charge in [0.1, 0.15) is 11.5 Å². The highest BCUT2D eigenvalue weighted by Gasteiger charge is 2.16. The number of benzene rings is 1. The molecule has 18 heavy (non-hydrogen) atoms. The summed E-state index contributed by atoms with van der Waals surface area (Å²) < 4.78 is 5.47. The molecule has 0 aliphatic carbocycles. The molecule has 0 amide bonds. The highest BCUT2D eigenvalue weighted by molar-refractivity contribution is 7.99. The first kappa shape index (κ1) is 13.0. The summed E-state index contributed by atoms with van der Waals surface area (Å²) >= 11 is 1.83. The zero-order valence-corrected chi connectivity index (χ0v) is 11.8. The third-order valence-corrected chi connectivity index (χ3v) is 3.53. The number of hydrogen-bond donors (Lipinski definition) is 1. The minimum Gasteiger partial charge on any atom is -0.428 e. The van der Waals surface area contributed by atoms with E-state index in [2.05, 4.69) is 50.0 Å². The molecule has 0 aliphatic heterocycles. The molecule has 0 radical (unpaired) electrons. The van der Waals surface area contributed by atoms with Gasteiger partial charge in [-0.05, 0) is 17.9 Å². The summed E-state index contributed by atoms with van der Waals surface area (Å²) in [5.74, 6) is 2.20. The first-order valence-corrected chi connectivity index (χ1v) is 7.09. The molecular weight excluding hydrogens is 244 g/mol. The molecule has 4 heteroatoms. The van der Waals surface area contributed by atoms with E-state index in [1.165, 1.54) is 4.90 Å². The molecule has 0 bridgehead atoms. The standard InChI is InChI=1S/C14H18N2OS/c1-4-18-11-7-5-10(6-8-11)12-13(9(2)3)17-14(15)16-12/h5-9H,4H2,1-3H3,(H2,15,16). The van der Waals surface area contributed by atoms with E-state index in [1.54, 1.807) is 0 Å². The first-order chi connectivity index (χ1) is 8.61. The average Bonchev–Trinajstić information content (AvgIpc) is 2.73. The van der Waals surface area contributed by atoms with Gasteiger partial charge in [0.15, 0.2) is 0 Å². The molecule has 96 valence electrons. The van der Waals surface area contributed by atoms with Gasteiger partial charge in [0.05, 0.1) is 0 Å². The third-order valence-electron chi connectivity index (χ3n) is 2.63. The molecule has 0 aliphatic rings. The topological polar surface area (TPSA) is 52.0 Å². The van der Waals surface area contributed by atoms with Gasteiger partial charge in [-0.1, -0.05) is 32.9 Å². The van der Waals surface area contributed by atoms with E-state index in [0.29, 0.717) is 0 Å². The van der Waals surface area contributed by atoms with E-state index in [9.17, 15) is 0 Å². The number of nitrogens with zero attached hydrogens (tertiary/aromatic N) is 1. The third kappa shape index (κ3) is 2.70. The summed E-state index contributed by atoms with van der Waals surface area (Å²) in [5.41, 5.74) is 7.56. The Morgan fingerprint density at radius 1 is 1.28 bits per heavy atom. The number of anilines is 1. The van der Waals surface area contributed by atoms with Crippen molar-refractivity contribution in [1.82, 2.24) is 4.98 Å². The van der Waals surface area contributed by atoms with Crippen LogP contribution in [-0.4, -0.2) is 10.7 Å². The molecule has 0 saturated carbocycles. The van der Waals surface area contributed by atoms with Gasteiger partial charge in [0.2, 0.25) is 0 Å². The fraction of sp³-hybridized carbons (Fsp3) is 0.357. The van der Waals surface area contributed by atoms with Gasteiger partial charge < -0.3 is 10.2 Å². The van der Waals surface area contributed by atoms with Crippen molar-refractivity contribution in [2.24, 2.45) is 0 Å². The second-order valence-corrected chi connectivity index (χ2v) is 5.71. The van der Waals surface area contributed by atoms with Crippen LogP contribution in [0.25, 0.3) is 11.3 Å². The number of hydrogen-bond acceptors (Lipinski definition) is 4. The van der Waals surface area contributed by atoms with Gasteiger partial charge in [0, 0.05) is 16.4 Å². The van der Waals surface area contributed by atoms with E-state index >= 15 is 0 Å². The SMILES string of the molecule is CCSc1ccc(-c2nc(N)oc2C(C)C)cc1. The number of nitrogens with two attached hydrogens (primary N) is 1. The zero-order valence-electron chi connectivity index (χ0n) is 10.9. The number of aromatic nitrogens is 1. The van der Waals surface area contributed by atoms with E-state index < -0.39 is 0 Å². The van der Waals surface area contributed by atoms with Crippen LogP contribution in [-0.2, 0) is 0 Å². The predicted molar refractivity (Wildman–Crippen MR) is 76.8 cm³/mol. The summed E-state index contributed by atoms with van der Waals surface area (Å²) in [6.07, 6.45) is 0. The maximum Gasteiger partial charge on any atom is 0.292 e. The van der Waals surface area contributed by atoms with Crippen LogP contribution in [0.4, 0.5) is 6.01 Å². The molecule has 2 N–H and O–H groups in total. The maximum atomic E-state index is 5.65. The van der Waals surface area contributed by atoms with Crippen LogP contribution in [0, 0.1) is 0 Å². The molecule has 0 unspecified atom stereocenters. The molecule has 2 rings (SSSR count). The van der Waals surface area contributed by atoms with Crippen LogP contribution in [0.3, 0.4) is 0 Å². The van der Waals surface area contributed by atoms with E-state index in [1.807, 2.05) is 11.8 Å². The molecular formula is C14H18N2OS. The molecule has 1 heterocycles. The van der Waals surface area contributed by atoms with Crippen molar-refractivity contribution in [3.63, 3.8) is 0 Å². The van der Waals surface area contributed by atoms with Crippen molar-refractivity contribution >= 4 is 17.8 Å². The lowest BCUT2D eigenvalue weighted by molar-refractivity contribution is 0.500. The van der Waals surface area contributed by atoms with Crippen LogP contribution in [0.15, 0.2) is 33.6 Å². The van der Waals surface area contributed by atoms with Crippen LogP contribution >= 0.6 is 11.8 Å². The lowest BCUT2D eigenvalue weighted by Crippen LogP contribution is -1.89. The minimum absolute atomic E-state index is 0.237.